The minimum Gasteiger partial charge on any atom is -0.478 e. The lowest BCUT2D eigenvalue weighted by molar-refractivity contribution is -0.122. The Labute approximate surface area is 116 Å². The number of benzene rings is 1. The molecule has 6 heteroatoms. The second kappa shape index (κ2) is 5.48. The van der Waals surface area contributed by atoms with Crippen LogP contribution in [0.15, 0.2) is 18.2 Å². The number of amides is 1. The molecule has 1 saturated heterocycles. The predicted octanol–water partition coefficient (Wildman–Crippen LogP) is 1.74. The summed E-state index contributed by atoms with van der Waals surface area (Å²) in [6, 6.07) is 4.96. The minimum atomic E-state index is -1.07. The van der Waals surface area contributed by atoms with Crippen LogP contribution in [0.3, 0.4) is 0 Å². The van der Waals surface area contributed by atoms with E-state index in [1.165, 1.54) is 0 Å². The zero-order chi connectivity index (χ0) is 14.0. The van der Waals surface area contributed by atoms with Crippen LogP contribution in [0.5, 0.6) is 0 Å². The van der Waals surface area contributed by atoms with Crippen LogP contribution in [0.25, 0.3) is 0 Å². The van der Waals surface area contributed by atoms with Crippen LogP contribution in [-0.2, 0) is 4.79 Å². The molecule has 1 unspecified atom stereocenters. The third kappa shape index (κ3) is 2.81. The molecule has 1 aromatic rings. The van der Waals surface area contributed by atoms with Gasteiger partial charge < -0.3 is 15.7 Å². The Morgan fingerprint density at radius 3 is 2.79 bits per heavy atom. The summed E-state index contributed by atoms with van der Waals surface area (Å²) < 4.78 is 0. The normalized spacial score (nSPS) is 19.2. The van der Waals surface area contributed by atoms with Crippen LogP contribution in [0.2, 0.25) is 5.02 Å². The van der Waals surface area contributed by atoms with Crippen molar-refractivity contribution in [3.05, 3.63) is 28.8 Å². The fourth-order valence-corrected chi connectivity index (χ4v) is 2.67. The molecule has 1 amide bonds. The van der Waals surface area contributed by atoms with Crippen molar-refractivity contribution in [2.24, 2.45) is 11.7 Å². The van der Waals surface area contributed by atoms with Crippen molar-refractivity contribution < 1.29 is 14.7 Å². The number of carboxylic acids is 1. The van der Waals surface area contributed by atoms with E-state index in [2.05, 4.69) is 0 Å². The molecule has 1 aliphatic rings. The molecule has 3 N–H and O–H groups in total. The maximum Gasteiger partial charge on any atom is 0.339 e. The van der Waals surface area contributed by atoms with Crippen molar-refractivity contribution in [1.29, 1.82) is 0 Å². The number of piperidine rings is 1. The lowest BCUT2D eigenvalue weighted by Crippen LogP contribution is -2.41. The second-order valence-corrected chi connectivity index (χ2v) is 5.03. The average Bonchev–Trinajstić information content (AvgIpc) is 2.38. The Hall–Kier alpha value is -1.75. The van der Waals surface area contributed by atoms with Gasteiger partial charge in [0, 0.05) is 13.1 Å². The number of anilines is 1. The van der Waals surface area contributed by atoms with Crippen molar-refractivity contribution in [3.63, 3.8) is 0 Å². The maximum absolute atomic E-state index is 11.3. The van der Waals surface area contributed by atoms with Gasteiger partial charge in [-0.25, -0.2) is 4.79 Å². The van der Waals surface area contributed by atoms with Gasteiger partial charge >= 0.3 is 5.97 Å². The molecule has 102 valence electrons. The van der Waals surface area contributed by atoms with Gasteiger partial charge in [0.25, 0.3) is 0 Å². The summed E-state index contributed by atoms with van der Waals surface area (Å²) in [5.74, 6) is -1.65. The van der Waals surface area contributed by atoms with Gasteiger partial charge in [0.05, 0.1) is 16.6 Å². The van der Waals surface area contributed by atoms with E-state index in [9.17, 15) is 14.7 Å². The van der Waals surface area contributed by atoms with Crippen molar-refractivity contribution in [2.45, 2.75) is 12.8 Å². The first kappa shape index (κ1) is 13.7. The zero-order valence-corrected chi connectivity index (χ0v) is 11.1. The van der Waals surface area contributed by atoms with Gasteiger partial charge in [-0.2, -0.15) is 0 Å². The first-order valence-corrected chi connectivity index (χ1v) is 6.44. The highest BCUT2D eigenvalue weighted by molar-refractivity contribution is 6.34. The molecule has 1 atom stereocenters. The average molecular weight is 283 g/mol. The number of nitrogens with two attached hydrogens (primary N) is 1. The van der Waals surface area contributed by atoms with Gasteiger partial charge in [0.1, 0.15) is 5.56 Å². The van der Waals surface area contributed by atoms with E-state index >= 15 is 0 Å². The topological polar surface area (TPSA) is 83.6 Å². The lowest BCUT2D eigenvalue weighted by atomic mass is 9.96. The summed E-state index contributed by atoms with van der Waals surface area (Å²) in [7, 11) is 0. The highest BCUT2D eigenvalue weighted by atomic mass is 35.5. The molecule has 1 aliphatic heterocycles. The third-order valence-electron chi connectivity index (χ3n) is 3.37. The van der Waals surface area contributed by atoms with E-state index in [0.717, 1.165) is 12.8 Å². The smallest absolute Gasteiger partial charge is 0.339 e. The summed E-state index contributed by atoms with van der Waals surface area (Å²) in [6.45, 7) is 1.14. The van der Waals surface area contributed by atoms with Crippen molar-refractivity contribution in [1.82, 2.24) is 0 Å². The Bertz CT molecular complexity index is 519. The van der Waals surface area contributed by atoms with Gasteiger partial charge in [-0.05, 0) is 25.0 Å². The predicted molar refractivity (Wildman–Crippen MR) is 72.5 cm³/mol. The van der Waals surface area contributed by atoms with E-state index in [1.54, 1.807) is 18.2 Å². The molecule has 19 heavy (non-hydrogen) atoms. The Kier molecular flexibility index (Phi) is 3.95. The van der Waals surface area contributed by atoms with Gasteiger partial charge in [-0.1, -0.05) is 17.7 Å². The number of halogens is 1. The van der Waals surface area contributed by atoms with E-state index in [1.807, 2.05) is 4.90 Å². The minimum absolute atomic E-state index is 0.0780. The maximum atomic E-state index is 11.3. The van der Waals surface area contributed by atoms with Gasteiger partial charge in [0.2, 0.25) is 5.91 Å². The van der Waals surface area contributed by atoms with Gasteiger partial charge in [0.15, 0.2) is 0 Å². The molecule has 0 radical (unpaired) electrons. The largest absolute Gasteiger partial charge is 0.478 e. The van der Waals surface area contributed by atoms with Gasteiger partial charge in [-0.15, -0.1) is 0 Å². The summed E-state index contributed by atoms with van der Waals surface area (Å²) in [5, 5.41) is 9.45. The fourth-order valence-electron chi connectivity index (χ4n) is 2.42. The third-order valence-corrected chi connectivity index (χ3v) is 3.68. The molecule has 1 aromatic carbocycles. The summed E-state index contributed by atoms with van der Waals surface area (Å²) in [4.78, 5) is 24.4. The number of rotatable bonds is 3. The van der Waals surface area contributed by atoms with E-state index in [-0.39, 0.29) is 22.4 Å². The molecule has 0 bridgehead atoms. The Morgan fingerprint density at radius 2 is 2.16 bits per heavy atom. The van der Waals surface area contributed by atoms with Crippen LogP contribution < -0.4 is 10.6 Å². The van der Waals surface area contributed by atoms with Crippen LogP contribution in [0, 0.1) is 5.92 Å². The molecule has 1 heterocycles. The first-order chi connectivity index (χ1) is 9.00. The van der Waals surface area contributed by atoms with Crippen molar-refractivity contribution in [3.8, 4) is 0 Å². The number of nitrogens with zero attached hydrogens (tertiary/aromatic N) is 1. The second-order valence-electron chi connectivity index (χ2n) is 4.63. The highest BCUT2D eigenvalue weighted by Gasteiger charge is 2.27. The first-order valence-electron chi connectivity index (χ1n) is 6.06. The van der Waals surface area contributed by atoms with E-state index < -0.39 is 5.97 Å². The number of carboxylic acid groups (broad SMARTS) is 1. The molecular weight excluding hydrogens is 268 g/mol. The molecule has 5 nitrogen and oxygen atoms in total. The van der Waals surface area contributed by atoms with E-state index in [4.69, 9.17) is 17.3 Å². The number of primary amides is 1. The molecule has 0 aromatic heterocycles. The molecule has 0 aliphatic carbocycles. The van der Waals surface area contributed by atoms with Crippen molar-refractivity contribution >= 4 is 29.2 Å². The molecule has 0 spiro atoms. The number of hydrogen-bond donors (Lipinski definition) is 2. The summed E-state index contributed by atoms with van der Waals surface area (Å²) >= 11 is 5.94. The van der Waals surface area contributed by atoms with Crippen LogP contribution in [0.1, 0.15) is 23.2 Å². The number of hydrogen-bond acceptors (Lipinski definition) is 3. The molecule has 2 rings (SSSR count). The standard InChI is InChI=1S/C13H15ClN2O3/c14-9-4-1-5-10(11(9)13(18)19)16-6-2-3-8(7-16)12(15)17/h1,4-5,8H,2-3,6-7H2,(H2,15,17)(H,18,19). The highest BCUT2D eigenvalue weighted by Crippen LogP contribution is 2.30. The molecule has 0 saturated carbocycles. The molecule has 1 fully saturated rings. The Morgan fingerprint density at radius 1 is 1.42 bits per heavy atom. The monoisotopic (exact) mass is 282 g/mol. The van der Waals surface area contributed by atoms with Crippen LogP contribution in [0.4, 0.5) is 5.69 Å². The number of aromatic carboxylic acids is 1. The fraction of sp³-hybridized carbons (Fsp3) is 0.385. The van der Waals surface area contributed by atoms with Crippen LogP contribution >= 0.6 is 11.6 Å². The zero-order valence-electron chi connectivity index (χ0n) is 10.3. The summed E-state index contributed by atoms with van der Waals surface area (Å²) in [6.07, 6.45) is 1.55. The Balaban J connectivity index is 2.34. The molecular formula is C13H15ClN2O3. The van der Waals surface area contributed by atoms with Crippen molar-refractivity contribution in [2.75, 3.05) is 18.0 Å². The lowest BCUT2D eigenvalue weighted by Gasteiger charge is -2.33. The van der Waals surface area contributed by atoms with Crippen LogP contribution in [-0.4, -0.2) is 30.1 Å². The SMILES string of the molecule is NC(=O)C1CCCN(c2cccc(Cl)c2C(=O)O)C1. The summed E-state index contributed by atoms with van der Waals surface area (Å²) in [5.41, 5.74) is 5.95. The van der Waals surface area contributed by atoms with Gasteiger partial charge in [-0.3, -0.25) is 4.79 Å². The number of carbonyl (C=O) groups excluding carboxylic acids is 1. The van der Waals surface area contributed by atoms with E-state index in [0.29, 0.717) is 18.8 Å². The quantitative estimate of drug-likeness (QED) is 0.884. The number of carbonyl (C=O) groups is 2.